The maximum absolute atomic E-state index is 6.20. The first-order chi connectivity index (χ1) is 5.87. The van der Waals surface area contributed by atoms with Gasteiger partial charge in [0.1, 0.15) is 0 Å². The van der Waals surface area contributed by atoms with E-state index >= 15 is 0 Å². The van der Waals surface area contributed by atoms with Crippen LogP contribution < -0.4 is 5.32 Å². The Balaban J connectivity index is 2.42. The first-order valence-electron chi connectivity index (χ1n) is 5.28. The Kier molecular flexibility index (Phi) is 3.64. The number of nitrogens with one attached hydrogen (secondary N) is 1. The van der Waals surface area contributed by atoms with Gasteiger partial charge < -0.3 is 5.32 Å². The van der Waals surface area contributed by atoms with Crippen LogP contribution in [0.25, 0.3) is 0 Å². The second kappa shape index (κ2) is 4.18. The second-order valence-corrected chi connectivity index (χ2v) is 6.12. The molecule has 1 rings (SSSR count). The highest BCUT2D eigenvalue weighted by molar-refractivity contribution is 6.20. The van der Waals surface area contributed by atoms with Crippen molar-refractivity contribution in [2.45, 2.75) is 63.9 Å². The summed E-state index contributed by atoms with van der Waals surface area (Å²) in [5.74, 6) is 0.774. The summed E-state index contributed by atoms with van der Waals surface area (Å²) in [5, 5.41) is 4.01. The molecule has 0 bridgehead atoms. The summed E-state index contributed by atoms with van der Waals surface area (Å²) in [4.78, 5) is 0. The summed E-state index contributed by atoms with van der Waals surface area (Å²) in [6.45, 7) is 8.95. The molecule has 0 aromatic heterocycles. The third kappa shape index (κ3) is 4.33. The first-order valence-corrected chi connectivity index (χ1v) is 5.72. The Morgan fingerprint density at radius 2 is 1.77 bits per heavy atom. The minimum atomic E-state index is 0.221. The van der Waals surface area contributed by atoms with E-state index in [0.29, 0.717) is 11.4 Å². The molecular formula is C11H22ClN. The fourth-order valence-electron chi connectivity index (χ4n) is 2.25. The monoisotopic (exact) mass is 203 g/mol. The van der Waals surface area contributed by atoms with Crippen LogP contribution in [0.1, 0.15) is 47.0 Å². The second-order valence-electron chi connectivity index (χ2n) is 5.50. The topological polar surface area (TPSA) is 12.0 Å². The van der Waals surface area contributed by atoms with Gasteiger partial charge in [0.15, 0.2) is 0 Å². The Labute approximate surface area is 87.2 Å². The van der Waals surface area contributed by atoms with E-state index in [4.69, 9.17) is 11.6 Å². The maximum atomic E-state index is 6.20. The molecule has 0 aromatic carbocycles. The van der Waals surface area contributed by atoms with Gasteiger partial charge in [0, 0.05) is 17.0 Å². The number of alkyl halides is 1. The predicted molar refractivity (Wildman–Crippen MR) is 59.3 cm³/mol. The van der Waals surface area contributed by atoms with E-state index in [1.165, 1.54) is 12.8 Å². The number of halogens is 1. The van der Waals surface area contributed by atoms with Gasteiger partial charge >= 0.3 is 0 Å². The molecular weight excluding hydrogens is 182 g/mol. The van der Waals surface area contributed by atoms with Gasteiger partial charge in [-0.25, -0.2) is 0 Å². The van der Waals surface area contributed by atoms with Gasteiger partial charge in [-0.1, -0.05) is 6.92 Å². The zero-order valence-corrected chi connectivity index (χ0v) is 9.99. The van der Waals surface area contributed by atoms with Gasteiger partial charge in [0.05, 0.1) is 0 Å². The highest BCUT2D eigenvalue weighted by atomic mass is 35.5. The van der Waals surface area contributed by atoms with Crippen LogP contribution in [0.15, 0.2) is 0 Å². The Bertz CT molecular complexity index is 152. The lowest BCUT2D eigenvalue weighted by Gasteiger charge is -2.35. The van der Waals surface area contributed by atoms with Gasteiger partial charge in [-0.05, 0) is 46.0 Å². The average molecular weight is 204 g/mol. The average Bonchev–Trinajstić information content (AvgIpc) is 1.78. The van der Waals surface area contributed by atoms with Crippen LogP contribution in [0.5, 0.6) is 0 Å². The van der Waals surface area contributed by atoms with Crippen LogP contribution in [-0.2, 0) is 0 Å². The molecule has 3 atom stereocenters. The van der Waals surface area contributed by atoms with E-state index in [1.54, 1.807) is 0 Å². The molecule has 78 valence electrons. The summed E-state index contributed by atoms with van der Waals surface area (Å²) < 4.78 is 0. The van der Waals surface area contributed by atoms with Crippen molar-refractivity contribution in [1.29, 1.82) is 0 Å². The van der Waals surface area contributed by atoms with Gasteiger partial charge in [-0.15, -0.1) is 11.6 Å². The molecule has 3 unspecified atom stereocenters. The van der Waals surface area contributed by atoms with Crippen LogP contribution in [0.4, 0.5) is 0 Å². The minimum absolute atomic E-state index is 0.221. The van der Waals surface area contributed by atoms with Crippen molar-refractivity contribution < 1.29 is 0 Å². The highest BCUT2D eigenvalue weighted by Gasteiger charge is 2.27. The molecule has 1 N–H and O–H groups in total. The molecule has 0 aliphatic heterocycles. The summed E-state index contributed by atoms with van der Waals surface area (Å²) in [6.07, 6.45) is 3.59. The van der Waals surface area contributed by atoms with E-state index in [2.05, 4.69) is 33.0 Å². The molecule has 13 heavy (non-hydrogen) atoms. The lowest BCUT2D eigenvalue weighted by atomic mass is 9.85. The normalized spacial score (nSPS) is 36.2. The number of rotatable bonds is 1. The smallest absolute Gasteiger partial charge is 0.0353 e. The van der Waals surface area contributed by atoms with Gasteiger partial charge in [-0.3, -0.25) is 0 Å². The standard InChI is InChI=1S/C11H22ClN/c1-8-5-9(12)7-10(6-8)13-11(2,3)4/h8-10,13H,5-7H2,1-4H3. The van der Waals surface area contributed by atoms with E-state index in [9.17, 15) is 0 Å². The summed E-state index contributed by atoms with van der Waals surface area (Å²) in [5.41, 5.74) is 0.221. The number of hydrogen-bond donors (Lipinski definition) is 1. The molecule has 0 aromatic rings. The van der Waals surface area contributed by atoms with Gasteiger partial charge in [0.2, 0.25) is 0 Å². The van der Waals surface area contributed by atoms with Gasteiger partial charge in [0.25, 0.3) is 0 Å². The zero-order chi connectivity index (χ0) is 10.1. The number of hydrogen-bond acceptors (Lipinski definition) is 1. The Morgan fingerprint density at radius 3 is 2.23 bits per heavy atom. The predicted octanol–water partition coefficient (Wildman–Crippen LogP) is 3.17. The van der Waals surface area contributed by atoms with E-state index in [-0.39, 0.29) is 5.54 Å². The maximum Gasteiger partial charge on any atom is 0.0353 e. The Hall–Kier alpha value is 0.250. The van der Waals surface area contributed by atoms with Crippen molar-refractivity contribution in [2.75, 3.05) is 0 Å². The van der Waals surface area contributed by atoms with Crippen LogP contribution in [-0.4, -0.2) is 17.0 Å². The lowest BCUT2D eigenvalue weighted by molar-refractivity contribution is 0.256. The van der Waals surface area contributed by atoms with Crippen molar-refractivity contribution in [1.82, 2.24) is 5.32 Å². The van der Waals surface area contributed by atoms with Crippen LogP contribution >= 0.6 is 11.6 Å². The van der Waals surface area contributed by atoms with Gasteiger partial charge in [-0.2, -0.15) is 0 Å². The lowest BCUT2D eigenvalue weighted by Crippen LogP contribution is -2.47. The first kappa shape index (κ1) is 11.3. The summed E-state index contributed by atoms with van der Waals surface area (Å²) in [6, 6.07) is 0.617. The zero-order valence-electron chi connectivity index (χ0n) is 9.23. The molecule has 1 fully saturated rings. The quantitative estimate of drug-likeness (QED) is 0.646. The third-order valence-electron chi connectivity index (χ3n) is 2.52. The molecule has 0 heterocycles. The molecule has 0 spiro atoms. The molecule has 1 aliphatic carbocycles. The molecule has 2 heteroatoms. The van der Waals surface area contributed by atoms with E-state index in [0.717, 1.165) is 12.3 Å². The SMILES string of the molecule is CC1CC(Cl)CC(NC(C)(C)C)C1. The molecule has 0 amide bonds. The van der Waals surface area contributed by atoms with Crippen molar-refractivity contribution >= 4 is 11.6 Å². The van der Waals surface area contributed by atoms with Crippen molar-refractivity contribution in [3.8, 4) is 0 Å². The largest absolute Gasteiger partial charge is 0.309 e. The molecule has 0 saturated heterocycles. The molecule has 1 nitrogen and oxygen atoms in total. The highest BCUT2D eigenvalue weighted by Crippen LogP contribution is 2.28. The molecule has 0 radical (unpaired) electrons. The third-order valence-corrected chi connectivity index (χ3v) is 2.88. The fraction of sp³-hybridized carbons (Fsp3) is 1.00. The fourth-order valence-corrected chi connectivity index (χ4v) is 2.77. The van der Waals surface area contributed by atoms with Crippen LogP contribution in [0.3, 0.4) is 0 Å². The summed E-state index contributed by atoms with van der Waals surface area (Å²) in [7, 11) is 0. The van der Waals surface area contributed by atoms with Crippen molar-refractivity contribution in [3.05, 3.63) is 0 Å². The van der Waals surface area contributed by atoms with E-state index in [1.807, 2.05) is 0 Å². The van der Waals surface area contributed by atoms with Crippen molar-refractivity contribution in [3.63, 3.8) is 0 Å². The van der Waals surface area contributed by atoms with Crippen LogP contribution in [0.2, 0.25) is 0 Å². The van der Waals surface area contributed by atoms with E-state index < -0.39 is 0 Å². The summed E-state index contributed by atoms with van der Waals surface area (Å²) >= 11 is 6.20. The van der Waals surface area contributed by atoms with Crippen molar-refractivity contribution in [2.24, 2.45) is 5.92 Å². The Morgan fingerprint density at radius 1 is 1.15 bits per heavy atom. The molecule has 1 saturated carbocycles. The minimum Gasteiger partial charge on any atom is -0.309 e. The van der Waals surface area contributed by atoms with Crippen LogP contribution in [0, 0.1) is 5.92 Å². The molecule has 1 aliphatic rings.